The maximum absolute atomic E-state index is 13.8. The number of hydrogen-bond donors (Lipinski definition) is 0. The maximum atomic E-state index is 13.8. The lowest BCUT2D eigenvalue weighted by Gasteiger charge is -2.42. The quantitative estimate of drug-likeness (QED) is 0.736. The lowest BCUT2D eigenvalue weighted by atomic mass is 9.88. The summed E-state index contributed by atoms with van der Waals surface area (Å²) in [6.45, 7) is 0. The summed E-state index contributed by atoms with van der Waals surface area (Å²) in [7, 11) is 0. The predicted molar refractivity (Wildman–Crippen MR) is 75.2 cm³/mol. The van der Waals surface area contributed by atoms with Gasteiger partial charge in [0.05, 0.1) is 11.1 Å². The van der Waals surface area contributed by atoms with E-state index < -0.39 is 23.3 Å². The molecule has 2 aromatic carbocycles. The highest BCUT2D eigenvalue weighted by atomic mass is 19.4. The Balaban J connectivity index is 2.01. The number of fused-ring (bicyclic) bond motifs is 3. The molecule has 0 aromatic heterocycles. The minimum absolute atomic E-state index is 0.0146. The number of ether oxygens (including phenoxy) is 2. The molecule has 0 saturated heterocycles. The van der Waals surface area contributed by atoms with Crippen molar-refractivity contribution in [1.29, 1.82) is 0 Å². The molecule has 0 spiro atoms. The van der Waals surface area contributed by atoms with Crippen LogP contribution in [0.5, 0.6) is 11.5 Å². The maximum Gasteiger partial charge on any atom is 0.473 e. The van der Waals surface area contributed by atoms with Crippen molar-refractivity contribution in [2.75, 3.05) is 0 Å². The first-order valence-corrected chi connectivity index (χ1v) is 6.82. The summed E-state index contributed by atoms with van der Waals surface area (Å²) < 4.78 is 51.7. The molecule has 6 heteroatoms. The van der Waals surface area contributed by atoms with Crippen LogP contribution in [-0.2, 0) is 0 Å². The molecule has 0 fully saturated rings. The zero-order valence-electron chi connectivity index (χ0n) is 11.6. The van der Waals surface area contributed by atoms with Gasteiger partial charge in [-0.3, -0.25) is 4.79 Å². The Morgan fingerprint density at radius 1 is 0.870 bits per heavy atom. The van der Waals surface area contributed by atoms with Crippen LogP contribution < -0.4 is 9.47 Å². The number of Topliss-reactive ketones (excluding diaryl/α,β-unsaturated/α-hetero) is 1. The molecule has 23 heavy (non-hydrogen) atoms. The average Bonchev–Trinajstić information content (AvgIpc) is 2.52. The molecule has 0 amide bonds. The first-order chi connectivity index (χ1) is 10.9. The highest BCUT2D eigenvalue weighted by molar-refractivity contribution is 6.15. The first kappa shape index (κ1) is 13.9. The van der Waals surface area contributed by atoms with Crippen molar-refractivity contribution >= 4 is 11.9 Å². The van der Waals surface area contributed by atoms with Gasteiger partial charge in [-0.15, -0.1) is 0 Å². The highest BCUT2D eigenvalue weighted by Gasteiger charge is 2.68. The second kappa shape index (κ2) is 4.38. The van der Waals surface area contributed by atoms with Gasteiger partial charge in [-0.25, -0.2) is 0 Å². The number of ketones is 1. The molecule has 2 aliphatic heterocycles. The van der Waals surface area contributed by atoms with Crippen molar-refractivity contribution in [3.8, 4) is 11.5 Å². The third-order valence-corrected chi connectivity index (χ3v) is 3.83. The Hall–Kier alpha value is -2.76. The van der Waals surface area contributed by atoms with Gasteiger partial charge in [0.1, 0.15) is 11.5 Å². The second-order valence-corrected chi connectivity index (χ2v) is 5.24. The molecule has 0 radical (unpaired) electrons. The summed E-state index contributed by atoms with van der Waals surface area (Å²) in [4.78, 5) is 12.6. The minimum atomic E-state index is -4.92. The number of carbonyl (C=O) groups excluding carboxylic acids is 1. The summed E-state index contributed by atoms with van der Waals surface area (Å²) in [6.07, 6.45) is -3.74. The van der Waals surface area contributed by atoms with Crippen LogP contribution in [-0.4, -0.2) is 17.7 Å². The molecule has 0 saturated carbocycles. The van der Waals surface area contributed by atoms with Crippen LogP contribution in [0.4, 0.5) is 13.2 Å². The number of alkyl halides is 3. The van der Waals surface area contributed by atoms with Crippen molar-refractivity contribution in [3.05, 3.63) is 65.2 Å². The zero-order chi connectivity index (χ0) is 16.2. The topological polar surface area (TPSA) is 35.5 Å². The molecule has 0 N–H and O–H groups in total. The standard InChI is InChI=1S/C17H9F3O3/c18-17(19,20)16-12(9-10-5-1-3-7-13(10)22-16)15(21)11-6-2-4-8-14(11)23-16/h1-9H/t16-/m0/s1. The van der Waals surface area contributed by atoms with E-state index in [1.54, 1.807) is 24.3 Å². The van der Waals surface area contributed by atoms with E-state index in [4.69, 9.17) is 9.47 Å². The van der Waals surface area contributed by atoms with E-state index in [-0.39, 0.29) is 17.1 Å². The van der Waals surface area contributed by atoms with Gasteiger partial charge in [0.15, 0.2) is 0 Å². The van der Waals surface area contributed by atoms with Gasteiger partial charge in [-0.2, -0.15) is 13.2 Å². The van der Waals surface area contributed by atoms with Gasteiger partial charge in [-0.1, -0.05) is 30.3 Å². The number of para-hydroxylation sites is 2. The lowest BCUT2D eigenvalue weighted by Crippen LogP contribution is -2.60. The van der Waals surface area contributed by atoms with Gasteiger partial charge in [0.25, 0.3) is 0 Å². The molecule has 4 rings (SSSR count). The van der Waals surface area contributed by atoms with Crippen LogP contribution in [0.3, 0.4) is 0 Å². The fourth-order valence-corrected chi connectivity index (χ4v) is 2.76. The highest BCUT2D eigenvalue weighted by Crippen LogP contribution is 2.50. The number of carbonyl (C=O) groups is 1. The molecule has 2 aliphatic rings. The molecule has 1 atom stereocenters. The average molecular weight is 318 g/mol. The monoisotopic (exact) mass is 318 g/mol. The smallest absolute Gasteiger partial charge is 0.440 e. The van der Waals surface area contributed by atoms with Crippen LogP contribution in [0.2, 0.25) is 0 Å². The van der Waals surface area contributed by atoms with Crippen molar-refractivity contribution in [3.63, 3.8) is 0 Å². The van der Waals surface area contributed by atoms with Crippen molar-refractivity contribution < 1.29 is 27.4 Å². The molecular weight excluding hydrogens is 309 g/mol. The van der Waals surface area contributed by atoms with Crippen LogP contribution in [0.1, 0.15) is 15.9 Å². The van der Waals surface area contributed by atoms with E-state index in [1.165, 1.54) is 30.3 Å². The summed E-state index contributed by atoms with van der Waals surface area (Å²) in [5, 5.41) is 0. The van der Waals surface area contributed by atoms with Gasteiger partial charge in [-0.05, 0) is 24.3 Å². The first-order valence-electron chi connectivity index (χ1n) is 6.82. The van der Waals surface area contributed by atoms with Crippen molar-refractivity contribution in [2.24, 2.45) is 0 Å². The largest absolute Gasteiger partial charge is 0.473 e. The van der Waals surface area contributed by atoms with E-state index in [2.05, 4.69) is 0 Å². The van der Waals surface area contributed by atoms with Crippen LogP contribution in [0.15, 0.2) is 54.1 Å². The fraction of sp³-hybridized carbons (Fsp3) is 0.118. The minimum Gasteiger partial charge on any atom is -0.440 e. The van der Waals surface area contributed by atoms with E-state index in [0.717, 1.165) is 0 Å². The van der Waals surface area contributed by atoms with Crippen LogP contribution >= 0.6 is 0 Å². The number of hydrogen-bond acceptors (Lipinski definition) is 3. The molecule has 116 valence electrons. The molecule has 0 bridgehead atoms. The van der Waals surface area contributed by atoms with Gasteiger partial charge < -0.3 is 9.47 Å². The third-order valence-electron chi connectivity index (χ3n) is 3.83. The molecule has 0 aliphatic carbocycles. The number of rotatable bonds is 0. The van der Waals surface area contributed by atoms with Gasteiger partial charge in [0, 0.05) is 5.56 Å². The predicted octanol–water partition coefficient (Wildman–Crippen LogP) is 4.00. The molecular formula is C17H9F3O3. The van der Waals surface area contributed by atoms with Crippen molar-refractivity contribution in [2.45, 2.75) is 12.0 Å². The molecule has 0 unspecified atom stereocenters. The Bertz CT molecular complexity index is 854. The Labute approximate surface area is 128 Å². The summed E-state index contributed by atoms with van der Waals surface area (Å²) in [6, 6.07) is 12.0. The number of halogens is 3. The molecule has 2 heterocycles. The zero-order valence-corrected chi connectivity index (χ0v) is 11.6. The number of benzene rings is 2. The van der Waals surface area contributed by atoms with Gasteiger partial charge >= 0.3 is 12.0 Å². The summed E-state index contributed by atoms with van der Waals surface area (Å²) in [5.41, 5.74) is -0.0808. The second-order valence-electron chi connectivity index (χ2n) is 5.24. The van der Waals surface area contributed by atoms with Gasteiger partial charge in [0.2, 0.25) is 5.78 Å². The van der Waals surface area contributed by atoms with E-state index in [0.29, 0.717) is 5.56 Å². The Morgan fingerprint density at radius 2 is 1.48 bits per heavy atom. The van der Waals surface area contributed by atoms with E-state index in [9.17, 15) is 18.0 Å². The molecule has 2 aromatic rings. The van der Waals surface area contributed by atoms with E-state index >= 15 is 0 Å². The molecule has 3 nitrogen and oxygen atoms in total. The fourth-order valence-electron chi connectivity index (χ4n) is 2.76. The summed E-state index contributed by atoms with van der Waals surface area (Å²) in [5.74, 6) is -4.00. The normalized spacial score (nSPS) is 22.0. The third kappa shape index (κ3) is 1.81. The van der Waals surface area contributed by atoms with Crippen LogP contribution in [0.25, 0.3) is 6.08 Å². The van der Waals surface area contributed by atoms with E-state index in [1.807, 2.05) is 0 Å². The summed E-state index contributed by atoms with van der Waals surface area (Å²) >= 11 is 0. The SMILES string of the molecule is O=C1C2=Cc3ccccc3O[C@]2(C(F)(F)F)Oc2ccccc21. The van der Waals surface area contributed by atoms with Crippen LogP contribution in [0, 0.1) is 0 Å². The van der Waals surface area contributed by atoms with Crippen molar-refractivity contribution in [1.82, 2.24) is 0 Å². The Morgan fingerprint density at radius 3 is 2.22 bits per heavy atom. The Kier molecular flexibility index (Phi) is 2.64. The lowest BCUT2D eigenvalue weighted by molar-refractivity contribution is -0.303.